The predicted octanol–water partition coefficient (Wildman–Crippen LogP) is 3.57. The maximum Gasteiger partial charge on any atom is 0.251 e. The highest BCUT2D eigenvalue weighted by Gasteiger charge is 2.23. The van der Waals surface area contributed by atoms with Crippen molar-refractivity contribution in [2.75, 3.05) is 13.7 Å². The molecule has 0 radical (unpaired) electrons. The van der Waals surface area contributed by atoms with Crippen LogP contribution in [-0.4, -0.2) is 25.5 Å². The van der Waals surface area contributed by atoms with Crippen molar-refractivity contribution in [3.05, 3.63) is 64.7 Å². The van der Waals surface area contributed by atoms with Gasteiger partial charge in [0, 0.05) is 25.1 Å². The molecular formula is C23H28N2O3. The molecule has 148 valence electrons. The van der Waals surface area contributed by atoms with E-state index in [9.17, 15) is 9.59 Å². The van der Waals surface area contributed by atoms with Crippen molar-refractivity contribution in [1.29, 1.82) is 0 Å². The van der Waals surface area contributed by atoms with Crippen LogP contribution in [0.3, 0.4) is 0 Å². The minimum atomic E-state index is -0.0927. The molecule has 5 nitrogen and oxygen atoms in total. The van der Waals surface area contributed by atoms with Gasteiger partial charge in [-0.05, 0) is 73.1 Å². The summed E-state index contributed by atoms with van der Waals surface area (Å²) in [5.74, 6) is 1.06. The van der Waals surface area contributed by atoms with Crippen LogP contribution in [0.4, 0.5) is 0 Å². The Balaban J connectivity index is 1.59. The fourth-order valence-corrected chi connectivity index (χ4v) is 3.81. The average molecular weight is 380 g/mol. The number of hydrogen-bond donors (Lipinski definition) is 2. The molecule has 0 heterocycles. The second kappa shape index (κ2) is 9.40. The van der Waals surface area contributed by atoms with Crippen LogP contribution >= 0.6 is 0 Å². The van der Waals surface area contributed by atoms with Crippen LogP contribution in [0.25, 0.3) is 0 Å². The van der Waals surface area contributed by atoms with Crippen molar-refractivity contribution >= 4 is 11.8 Å². The van der Waals surface area contributed by atoms with Crippen molar-refractivity contribution in [3.63, 3.8) is 0 Å². The third-order valence-corrected chi connectivity index (χ3v) is 5.24. The molecule has 2 aromatic carbocycles. The van der Waals surface area contributed by atoms with Crippen LogP contribution in [0.1, 0.15) is 59.2 Å². The summed E-state index contributed by atoms with van der Waals surface area (Å²) in [6.45, 7) is 2.91. The van der Waals surface area contributed by atoms with Crippen LogP contribution in [0.5, 0.6) is 5.75 Å². The van der Waals surface area contributed by atoms with Crippen molar-refractivity contribution in [1.82, 2.24) is 10.6 Å². The average Bonchev–Trinajstić information content (AvgIpc) is 2.72. The molecule has 0 aromatic heterocycles. The molecule has 1 aliphatic rings. The normalized spacial score (nSPS) is 15.4. The molecule has 2 amide bonds. The molecule has 0 aliphatic heterocycles. The van der Waals surface area contributed by atoms with Crippen LogP contribution in [0, 0.1) is 0 Å². The molecule has 28 heavy (non-hydrogen) atoms. The lowest BCUT2D eigenvalue weighted by Crippen LogP contribution is -2.26. The van der Waals surface area contributed by atoms with E-state index >= 15 is 0 Å². The number of carbonyl (C=O) groups is 2. The highest BCUT2D eigenvalue weighted by molar-refractivity contribution is 5.94. The summed E-state index contributed by atoms with van der Waals surface area (Å²) in [6, 6.07) is 13.5. The standard InChI is InChI=1S/C23H28N2O3/c1-3-24-23(27)19-9-4-6-16(12-19)15-25-22(26)14-18-8-5-7-17-13-20(28-2)10-11-21(17)18/h4,6,9-13,18H,3,5,7-8,14-15H2,1-2H3,(H,24,27)(H,25,26). The van der Waals surface area contributed by atoms with Crippen LogP contribution < -0.4 is 15.4 Å². The number of methoxy groups -OCH3 is 1. The van der Waals surface area contributed by atoms with E-state index in [1.54, 1.807) is 13.2 Å². The SMILES string of the molecule is CCNC(=O)c1cccc(CNC(=O)CC2CCCc3cc(OC)ccc32)c1. The van der Waals surface area contributed by atoms with Crippen LogP contribution in [0.15, 0.2) is 42.5 Å². The first-order chi connectivity index (χ1) is 13.6. The second-order valence-electron chi connectivity index (χ2n) is 7.19. The Bertz CT molecular complexity index is 847. The van der Waals surface area contributed by atoms with Crippen LogP contribution in [0.2, 0.25) is 0 Å². The molecule has 1 atom stereocenters. The van der Waals surface area contributed by atoms with E-state index in [1.807, 2.05) is 31.2 Å². The van der Waals surface area contributed by atoms with Crippen molar-refractivity contribution in [3.8, 4) is 5.75 Å². The summed E-state index contributed by atoms with van der Waals surface area (Å²) in [4.78, 5) is 24.5. The number of carbonyl (C=O) groups excluding carboxylic acids is 2. The van der Waals surface area contributed by atoms with Gasteiger partial charge in [-0.3, -0.25) is 9.59 Å². The number of aryl methyl sites for hydroxylation is 1. The first kappa shape index (κ1) is 19.9. The Morgan fingerprint density at radius 2 is 2.00 bits per heavy atom. The molecule has 0 saturated heterocycles. The van der Waals surface area contributed by atoms with Crippen molar-refractivity contribution in [2.45, 2.75) is 45.1 Å². The van der Waals surface area contributed by atoms with Gasteiger partial charge in [-0.15, -0.1) is 0 Å². The van der Waals surface area contributed by atoms with E-state index < -0.39 is 0 Å². The summed E-state index contributed by atoms with van der Waals surface area (Å²) < 4.78 is 5.32. The molecule has 1 aliphatic carbocycles. The monoisotopic (exact) mass is 380 g/mol. The maximum absolute atomic E-state index is 12.5. The Hall–Kier alpha value is -2.82. The summed E-state index contributed by atoms with van der Waals surface area (Å²) in [6.07, 6.45) is 3.64. The van der Waals surface area contributed by atoms with Crippen molar-refractivity contribution < 1.29 is 14.3 Å². The van der Waals surface area contributed by atoms with E-state index in [2.05, 4.69) is 22.8 Å². The highest BCUT2D eigenvalue weighted by atomic mass is 16.5. The third kappa shape index (κ3) is 4.91. The van der Waals surface area contributed by atoms with Gasteiger partial charge in [0.15, 0.2) is 0 Å². The molecule has 1 unspecified atom stereocenters. The highest BCUT2D eigenvalue weighted by Crippen LogP contribution is 2.35. The van der Waals surface area contributed by atoms with Gasteiger partial charge in [0.05, 0.1) is 7.11 Å². The van der Waals surface area contributed by atoms with E-state index in [0.29, 0.717) is 25.1 Å². The molecule has 0 fully saturated rings. The first-order valence-electron chi connectivity index (χ1n) is 9.91. The fraction of sp³-hybridized carbons (Fsp3) is 0.391. The topological polar surface area (TPSA) is 67.4 Å². The minimum Gasteiger partial charge on any atom is -0.497 e. The Labute approximate surface area is 166 Å². The molecule has 0 spiro atoms. The first-order valence-corrected chi connectivity index (χ1v) is 9.91. The number of benzene rings is 2. The molecular weight excluding hydrogens is 352 g/mol. The lowest BCUT2D eigenvalue weighted by molar-refractivity contribution is -0.121. The Morgan fingerprint density at radius 3 is 2.79 bits per heavy atom. The van der Waals surface area contributed by atoms with Crippen LogP contribution in [-0.2, 0) is 17.8 Å². The lowest BCUT2D eigenvalue weighted by Gasteiger charge is -2.25. The number of fused-ring (bicyclic) bond motifs is 1. The zero-order chi connectivity index (χ0) is 19.9. The van der Waals surface area contributed by atoms with Gasteiger partial charge >= 0.3 is 0 Å². The zero-order valence-corrected chi connectivity index (χ0v) is 16.6. The molecule has 0 bridgehead atoms. The van der Waals surface area contributed by atoms with E-state index in [0.717, 1.165) is 30.6 Å². The molecule has 3 rings (SSSR count). The Kier molecular flexibility index (Phi) is 6.69. The van der Waals surface area contributed by atoms with E-state index in [4.69, 9.17) is 4.74 Å². The maximum atomic E-state index is 12.5. The van der Waals surface area contributed by atoms with Gasteiger partial charge in [-0.1, -0.05) is 18.2 Å². The molecule has 2 aromatic rings. The van der Waals surface area contributed by atoms with Gasteiger partial charge in [0.1, 0.15) is 5.75 Å². The molecule has 0 saturated carbocycles. The second-order valence-corrected chi connectivity index (χ2v) is 7.19. The van der Waals surface area contributed by atoms with Gasteiger partial charge in [0.2, 0.25) is 5.91 Å². The van der Waals surface area contributed by atoms with Crippen molar-refractivity contribution in [2.24, 2.45) is 0 Å². The third-order valence-electron chi connectivity index (χ3n) is 5.24. The lowest BCUT2D eigenvalue weighted by atomic mass is 9.81. The molecule has 2 N–H and O–H groups in total. The van der Waals surface area contributed by atoms with Gasteiger partial charge in [-0.25, -0.2) is 0 Å². The largest absolute Gasteiger partial charge is 0.497 e. The van der Waals surface area contributed by atoms with Gasteiger partial charge in [0.25, 0.3) is 5.91 Å². The zero-order valence-electron chi connectivity index (χ0n) is 16.6. The Morgan fingerprint density at radius 1 is 1.14 bits per heavy atom. The fourth-order valence-electron chi connectivity index (χ4n) is 3.81. The van der Waals surface area contributed by atoms with E-state index in [-0.39, 0.29) is 17.7 Å². The summed E-state index contributed by atoms with van der Waals surface area (Å²) in [5, 5.41) is 5.79. The van der Waals surface area contributed by atoms with Gasteiger partial charge in [-0.2, -0.15) is 0 Å². The predicted molar refractivity (Wildman–Crippen MR) is 110 cm³/mol. The number of amides is 2. The summed E-state index contributed by atoms with van der Waals surface area (Å²) in [7, 11) is 1.68. The smallest absolute Gasteiger partial charge is 0.251 e. The minimum absolute atomic E-state index is 0.0390. The van der Waals surface area contributed by atoms with Gasteiger partial charge < -0.3 is 15.4 Å². The molecule has 5 heteroatoms. The summed E-state index contributed by atoms with van der Waals surface area (Å²) in [5.41, 5.74) is 4.09. The summed E-state index contributed by atoms with van der Waals surface area (Å²) >= 11 is 0. The number of ether oxygens (including phenoxy) is 1. The number of hydrogen-bond acceptors (Lipinski definition) is 3. The quantitative estimate of drug-likeness (QED) is 0.772. The number of rotatable bonds is 7. The number of nitrogens with one attached hydrogen (secondary N) is 2. The van der Waals surface area contributed by atoms with E-state index in [1.165, 1.54) is 11.1 Å².